The predicted molar refractivity (Wildman–Crippen MR) is 152 cm³/mol. The Morgan fingerprint density at radius 2 is 1.66 bits per heavy atom. The molecule has 0 spiro atoms. The van der Waals surface area contributed by atoms with Gasteiger partial charge in [-0.1, -0.05) is 36.4 Å². The zero-order chi connectivity index (χ0) is 26.7. The zero-order valence-electron chi connectivity index (χ0n) is 22.2. The van der Waals surface area contributed by atoms with E-state index in [-0.39, 0.29) is 0 Å². The van der Waals surface area contributed by atoms with Crippen LogP contribution in [0.1, 0.15) is 22.5 Å². The summed E-state index contributed by atoms with van der Waals surface area (Å²) in [6.45, 7) is 5.16. The average Bonchev–Trinajstić information content (AvgIpc) is 3.31. The van der Waals surface area contributed by atoms with E-state index in [1.165, 1.54) is 21.8 Å². The van der Waals surface area contributed by atoms with Gasteiger partial charge < -0.3 is 15.1 Å². The SMILES string of the molecule is CN1CCN(c2ccc(Cc3nc4c(NCc5ccccc5CN(C)S(C)(=O)=O)cccn4n3)cc2)CC1. The molecule has 0 bridgehead atoms. The van der Waals surface area contributed by atoms with E-state index in [0.29, 0.717) is 19.5 Å². The van der Waals surface area contributed by atoms with E-state index in [0.717, 1.165) is 54.5 Å². The fourth-order valence-electron chi connectivity index (χ4n) is 4.67. The van der Waals surface area contributed by atoms with Crippen molar-refractivity contribution in [1.29, 1.82) is 0 Å². The topological polar surface area (TPSA) is 86.1 Å². The molecular weight excluding hydrogens is 498 g/mol. The van der Waals surface area contributed by atoms with Crippen molar-refractivity contribution in [2.45, 2.75) is 19.5 Å². The highest BCUT2D eigenvalue weighted by molar-refractivity contribution is 7.88. The van der Waals surface area contributed by atoms with E-state index in [9.17, 15) is 8.42 Å². The molecule has 38 heavy (non-hydrogen) atoms. The summed E-state index contributed by atoms with van der Waals surface area (Å²) < 4.78 is 27.0. The van der Waals surface area contributed by atoms with Gasteiger partial charge in [0.2, 0.25) is 10.0 Å². The molecule has 2 aromatic carbocycles. The molecule has 1 aliphatic heterocycles. The molecule has 1 aliphatic rings. The molecule has 5 rings (SSSR count). The number of hydrogen-bond donors (Lipinski definition) is 1. The summed E-state index contributed by atoms with van der Waals surface area (Å²) in [7, 11) is 0.505. The Bertz CT molecular complexity index is 1490. The van der Waals surface area contributed by atoms with E-state index in [1.54, 1.807) is 11.6 Å². The van der Waals surface area contributed by atoms with Crippen molar-refractivity contribution in [1.82, 2.24) is 23.8 Å². The lowest BCUT2D eigenvalue weighted by Crippen LogP contribution is -2.44. The third-order valence-corrected chi connectivity index (χ3v) is 8.38. The van der Waals surface area contributed by atoms with Gasteiger partial charge in [0.1, 0.15) is 0 Å². The number of hydrogen-bond acceptors (Lipinski definition) is 7. The summed E-state index contributed by atoms with van der Waals surface area (Å²) in [5, 5.41) is 8.18. The molecule has 3 heterocycles. The highest BCUT2D eigenvalue weighted by Gasteiger charge is 2.16. The highest BCUT2D eigenvalue weighted by atomic mass is 32.2. The van der Waals surface area contributed by atoms with Crippen LogP contribution in [0.4, 0.5) is 11.4 Å². The first kappa shape index (κ1) is 26.1. The van der Waals surface area contributed by atoms with Crippen LogP contribution >= 0.6 is 0 Å². The third-order valence-electron chi connectivity index (χ3n) is 7.12. The predicted octanol–water partition coefficient (Wildman–Crippen LogP) is 3.08. The van der Waals surface area contributed by atoms with Gasteiger partial charge in [0, 0.05) is 64.6 Å². The monoisotopic (exact) mass is 533 g/mol. The number of sulfonamides is 1. The molecule has 9 nitrogen and oxygen atoms in total. The van der Waals surface area contributed by atoms with Crippen LogP contribution in [0, 0.1) is 0 Å². The minimum absolute atomic E-state index is 0.323. The number of fused-ring (bicyclic) bond motifs is 1. The van der Waals surface area contributed by atoms with Crippen LogP contribution in [-0.4, -0.2) is 78.8 Å². The van der Waals surface area contributed by atoms with Crippen molar-refractivity contribution in [3.63, 3.8) is 0 Å². The van der Waals surface area contributed by atoms with Gasteiger partial charge in [-0.2, -0.15) is 5.10 Å². The average molecular weight is 534 g/mol. The van der Waals surface area contributed by atoms with Gasteiger partial charge in [0.05, 0.1) is 11.9 Å². The zero-order valence-corrected chi connectivity index (χ0v) is 23.0. The number of likely N-dealkylation sites (N-methyl/N-ethyl adjacent to an activating group) is 1. The standard InChI is InChI=1S/C28H35N7O2S/c1-32-15-17-34(18-16-32)25-12-10-22(11-13-25)19-27-30-28-26(9-6-14-35(28)31-27)29-20-23-7-4-5-8-24(23)21-33(2)38(3,36)37/h4-14,29H,15-21H2,1-3H3. The molecule has 4 aromatic rings. The second-order valence-corrected chi connectivity index (χ2v) is 12.1. The highest BCUT2D eigenvalue weighted by Crippen LogP contribution is 2.21. The van der Waals surface area contributed by atoms with Crippen molar-refractivity contribution in [3.8, 4) is 0 Å². The van der Waals surface area contributed by atoms with Crippen LogP contribution in [-0.2, 0) is 29.5 Å². The number of benzene rings is 2. The van der Waals surface area contributed by atoms with Crippen molar-refractivity contribution in [2.75, 3.05) is 56.7 Å². The van der Waals surface area contributed by atoms with Crippen LogP contribution in [0.25, 0.3) is 5.65 Å². The van der Waals surface area contributed by atoms with Gasteiger partial charge in [-0.15, -0.1) is 0 Å². The molecule has 10 heteroatoms. The Balaban J connectivity index is 1.27. The van der Waals surface area contributed by atoms with E-state index in [4.69, 9.17) is 10.1 Å². The number of nitrogens with zero attached hydrogens (tertiary/aromatic N) is 6. The maximum absolute atomic E-state index is 11.9. The normalized spacial score (nSPS) is 14.9. The largest absolute Gasteiger partial charge is 0.378 e. The first-order valence-corrected chi connectivity index (χ1v) is 14.7. The second kappa shape index (κ2) is 11.1. The fraction of sp³-hybridized carbons (Fsp3) is 0.357. The fourth-order valence-corrected chi connectivity index (χ4v) is 5.04. The summed E-state index contributed by atoms with van der Waals surface area (Å²) in [4.78, 5) is 9.62. The summed E-state index contributed by atoms with van der Waals surface area (Å²) in [6.07, 6.45) is 3.78. The molecule has 0 saturated carbocycles. The van der Waals surface area contributed by atoms with Crippen molar-refractivity contribution >= 4 is 27.0 Å². The molecule has 0 unspecified atom stereocenters. The Morgan fingerprint density at radius 1 is 0.947 bits per heavy atom. The van der Waals surface area contributed by atoms with E-state index in [1.807, 2.05) is 42.6 Å². The number of anilines is 2. The smallest absolute Gasteiger partial charge is 0.211 e. The van der Waals surface area contributed by atoms with Gasteiger partial charge in [0.15, 0.2) is 11.5 Å². The number of rotatable bonds is 9. The minimum Gasteiger partial charge on any atom is -0.378 e. The van der Waals surface area contributed by atoms with Gasteiger partial charge in [-0.05, 0) is 48.0 Å². The van der Waals surface area contributed by atoms with E-state index >= 15 is 0 Å². The number of piperazine rings is 1. The lowest BCUT2D eigenvalue weighted by Gasteiger charge is -2.34. The molecular formula is C28H35N7O2S. The van der Waals surface area contributed by atoms with Gasteiger partial charge in [0.25, 0.3) is 0 Å². The Kier molecular flexibility index (Phi) is 7.64. The third kappa shape index (κ3) is 6.15. The molecule has 0 aliphatic carbocycles. The molecule has 1 N–H and O–H groups in total. The van der Waals surface area contributed by atoms with Crippen molar-refractivity contribution in [2.24, 2.45) is 0 Å². The van der Waals surface area contributed by atoms with Crippen LogP contribution in [0.15, 0.2) is 66.9 Å². The maximum atomic E-state index is 11.9. The molecule has 1 saturated heterocycles. The second-order valence-electron chi connectivity index (χ2n) is 9.99. The van der Waals surface area contributed by atoms with Crippen LogP contribution in [0.5, 0.6) is 0 Å². The van der Waals surface area contributed by atoms with Crippen molar-refractivity contribution in [3.05, 3.63) is 89.4 Å². The molecule has 1 fully saturated rings. The van der Waals surface area contributed by atoms with Gasteiger partial charge in [-0.3, -0.25) is 0 Å². The quantitative estimate of drug-likeness (QED) is 0.354. The first-order chi connectivity index (χ1) is 18.3. The Morgan fingerprint density at radius 3 is 2.37 bits per heavy atom. The summed E-state index contributed by atoms with van der Waals surface area (Å²) >= 11 is 0. The number of pyridine rings is 1. The Labute approximate surface area is 224 Å². The lowest BCUT2D eigenvalue weighted by molar-refractivity contribution is 0.313. The van der Waals surface area contributed by atoms with E-state index < -0.39 is 10.0 Å². The molecule has 0 atom stereocenters. The van der Waals surface area contributed by atoms with E-state index in [2.05, 4.69) is 46.4 Å². The van der Waals surface area contributed by atoms with Crippen LogP contribution in [0.3, 0.4) is 0 Å². The molecule has 2 aromatic heterocycles. The summed E-state index contributed by atoms with van der Waals surface area (Å²) in [5.41, 5.74) is 6.08. The molecule has 0 radical (unpaired) electrons. The van der Waals surface area contributed by atoms with Gasteiger partial charge >= 0.3 is 0 Å². The number of aromatic nitrogens is 3. The maximum Gasteiger partial charge on any atom is 0.211 e. The minimum atomic E-state index is -3.26. The molecule has 200 valence electrons. The number of nitrogens with one attached hydrogen (secondary N) is 1. The van der Waals surface area contributed by atoms with Gasteiger partial charge in [-0.25, -0.2) is 22.2 Å². The molecule has 0 amide bonds. The summed E-state index contributed by atoms with van der Waals surface area (Å²) in [6, 6.07) is 20.5. The van der Waals surface area contributed by atoms with Crippen molar-refractivity contribution < 1.29 is 8.42 Å². The lowest BCUT2D eigenvalue weighted by atomic mass is 10.1. The Hall–Kier alpha value is -3.47. The first-order valence-electron chi connectivity index (χ1n) is 12.8. The van der Waals surface area contributed by atoms with Crippen LogP contribution < -0.4 is 10.2 Å². The summed E-state index contributed by atoms with van der Waals surface area (Å²) in [5.74, 6) is 0.766. The van der Waals surface area contributed by atoms with Crippen LogP contribution in [0.2, 0.25) is 0 Å².